The molecule has 1 aliphatic heterocycles. The number of fused-ring (bicyclic) bond motifs is 5. The van der Waals surface area contributed by atoms with Gasteiger partial charge >= 0.3 is 0 Å². The van der Waals surface area contributed by atoms with E-state index in [0.29, 0.717) is 23.4 Å². The molecule has 0 radical (unpaired) electrons. The Hall–Kier alpha value is -0.880. The third-order valence-electron chi connectivity index (χ3n) is 12.2. The van der Waals surface area contributed by atoms with E-state index in [4.69, 9.17) is 13.9 Å². The molecule has 1 aromatic rings. The predicted molar refractivity (Wildman–Crippen MR) is 136 cm³/mol. The first-order valence-corrected chi connectivity index (χ1v) is 14.5. The van der Waals surface area contributed by atoms with Gasteiger partial charge in [0.1, 0.15) is 5.60 Å². The fourth-order valence-electron chi connectivity index (χ4n) is 10.1. The fourth-order valence-corrected chi connectivity index (χ4v) is 10.1. The predicted octanol–water partition coefficient (Wildman–Crippen LogP) is 5.76. The van der Waals surface area contributed by atoms with Crippen molar-refractivity contribution in [1.82, 2.24) is 4.90 Å². The Morgan fingerprint density at radius 1 is 1.03 bits per heavy atom. The molecule has 2 unspecified atom stereocenters. The summed E-state index contributed by atoms with van der Waals surface area (Å²) in [5.41, 5.74) is -0.0106. The van der Waals surface area contributed by atoms with Crippen LogP contribution in [0.4, 0.5) is 0 Å². The van der Waals surface area contributed by atoms with Crippen molar-refractivity contribution in [3.8, 4) is 0 Å². The van der Waals surface area contributed by atoms with Crippen LogP contribution in [0.1, 0.15) is 90.0 Å². The first-order valence-electron chi connectivity index (χ1n) is 14.5. The third-order valence-corrected chi connectivity index (χ3v) is 12.2. The number of ether oxygens (including phenoxy) is 2. The van der Waals surface area contributed by atoms with Gasteiger partial charge in [0.25, 0.3) is 0 Å². The Bertz CT molecular complexity index is 883. The minimum absolute atomic E-state index is 0.293. The van der Waals surface area contributed by atoms with Crippen molar-refractivity contribution < 1.29 is 19.0 Å². The Morgan fingerprint density at radius 3 is 2.60 bits per heavy atom. The average molecular weight is 486 g/mol. The maximum Gasteiger partial charge on any atom is 0.104 e. The van der Waals surface area contributed by atoms with Crippen LogP contribution in [0, 0.1) is 28.6 Å². The summed E-state index contributed by atoms with van der Waals surface area (Å²) in [5.74, 6) is 1.69. The number of methoxy groups -OCH3 is 1. The quantitative estimate of drug-likeness (QED) is 0.555. The number of hydrogen-bond acceptors (Lipinski definition) is 5. The minimum atomic E-state index is -0.680. The number of rotatable bonds is 6. The molecule has 0 bridgehead atoms. The van der Waals surface area contributed by atoms with Crippen LogP contribution in [-0.2, 0) is 15.1 Å². The van der Waals surface area contributed by atoms with Crippen molar-refractivity contribution in [2.75, 3.05) is 33.4 Å². The van der Waals surface area contributed by atoms with E-state index >= 15 is 0 Å². The highest BCUT2D eigenvalue weighted by molar-refractivity contribution is 5.31. The zero-order valence-corrected chi connectivity index (χ0v) is 22.3. The molecule has 5 nitrogen and oxygen atoms in total. The molecule has 196 valence electrons. The van der Waals surface area contributed by atoms with Gasteiger partial charge in [0.2, 0.25) is 0 Å². The van der Waals surface area contributed by atoms with Crippen LogP contribution in [0.2, 0.25) is 0 Å². The second kappa shape index (κ2) is 8.85. The zero-order valence-electron chi connectivity index (χ0n) is 22.3. The molecule has 35 heavy (non-hydrogen) atoms. The largest absolute Gasteiger partial charge is 0.472 e. The molecule has 0 amide bonds. The molecule has 5 heteroatoms. The van der Waals surface area contributed by atoms with Crippen LogP contribution >= 0.6 is 0 Å². The van der Waals surface area contributed by atoms with Crippen LogP contribution in [-0.4, -0.2) is 55.1 Å². The first kappa shape index (κ1) is 24.5. The van der Waals surface area contributed by atoms with Crippen molar-refractivity contribution >= 4 is 0 Å². The molecule has 1 aromatic heterocycles. The second-order valence-electron chi connectivity index (χ2n) is 13.1. The Balaban J connectivity index is 1.17. The van der Waals surface area contributed by atoms with Gasteiger partial charge < -0.3 is 23.9 Å². The molecule has 0 aromatic carbocycles. The summed E-state index contributed by atoms with van der Waals surface area (Å²) in [6, 6.07) is 2.05. The van der Waals surface area contributed by atoms with Gasteiger partial charge in [-0.3, -0.25) is 0 Å². The highest BCUT2D eigenvalue weighted by Crippen LogP contribution is 2.72. The fraction of sp³-hybridized carbons (Fsp3) is 0.867. The topological polar surface area (TPSA) is 55.1 Å². The van der Waals surface area contributed by atoms with Crippen LogP contribution in [0.15, 0.2) is 23.0 Å². The first-order chi connectivity index (χ1) is 16.9. The maximum absolute atomic E-state index is 12.6. The standard InChI is InChI=1S/C30H47NO4/c1-27-11-8-24(35-19-17-31-15-4-5-16-31)20-22(27)6-7-26-25(27)9-12-28(2)29(26,32)13-14-30(28,33-3)23-10-18-34-21-23/h10,18,21-22,24-26,32H,4-9,11-17,19-20H2,1-3H3/t22-,24+,25?,26?,27+,28+,29+,30+/m1/s1. The lowest BCUT2D eigenvalue weighted by molar-refractivity contribution is -0.244. The molecule has 5 fully saturated rings. The number of nitrogens with zero attached hydrogens (tertiary/aromatic N) is 1. The second-order valence-corrected chi connectivity index (χ2v) is 13.1. The summed E-state index contributed by atoms with van der Waals surface area (Å²) in [4.78, 5) is 2.56. The van der Waals surface area contributed by atoms with E-state index < -0.39 is 11.2 Å². The van der Waals surface area contributed by atoms with Crippen molar-refractivity contribution in [1.29, 1.82) is 0 Å². The van der Waals surface area contributed by atoms with Gasteiger partial charge in [0, 0.05) is 24.6 Å². The van der Waals surface area contributed by atoms with Gasteiger partial charge in [0.05, 0.1) is 30.8 Å². The maximum atomic E-state index is 12.6. The summed E-state index contributed by atoms with van der Waals surface area (Å²) < 4.78 is 18.3. The zero-order chi connectivity index (χ0) is 24.3. The van der Waals surface area contributed by atoms with E-state index in [1.54, 1.807) is 6.26 Å². The number of aliphatic hydroxyl groups is 1. The van der Waals surface area contributed by atoms with Gasteiger partial charge in [-0.05, 0) is 113 Å². The van der Waals surface area contributed by atoms with Crippen LogP contribution in [0.3, 0.4) is 0 Å². The molecule has 0 spiro atoms. The Kier molecular flexibility index (Phi) is 6.19. The van der Waals surface area contributed by atoms with Gasteiger partial charge in [-0.2, -0.15) is 0 Å². The molecule has 8 atom stereocenters. The van der Waals surface area contributed by atoms with E-state index in [9.17, 15) is 5.11 Å². The summed E-state index contributed by atoms with van der Waals surface area (Å²) in [6.07, 6.45) is 16.6. The molecule has 4 saturated carbocycles. The SMILES string of the molecule is CO[C@]1(c2ccoc2)CC[C@]2(O)C3CC[C@@H]4C[C@@H](OCCN5CCCC5)CC[C@]4(C)C3CC[C@]12C. The van der Waals surface area contributed by atoms with E-state index in [1.165, 1.54) is 58.0 Å². The summed E-state index contributed by atoms with van der Waals surface area (Å²) in [7, 11) is 1.83. The van der Waals surface area contributed by atoms with Gasteiger partial charge in [-0.15, -0.1) is 0 Å². The van der Waals surface area contributed by atoms with Gasteiger partial charge in [0.15, 0.2) is 0 Å². The lowest BCUT2D eigenvalue weighted by atomic mass is 9.43. The van der Waals surface area contributed by atoms with Crippen LogP contribution in [0.5, 0.6) is 0 Å². The van der Waals surface area contributed by atoms with E-state index in [-0.39, 0.29) is 5.41 Å². The van der Waals surface area contributed by atoms with Gasteiger partial charge in [-0.1, -0.05) is 13.8 Å². The molecule has 4 aliphatic carbocycles. The van der Waals surface area contributed by atoms with Crippen molar-refractivity contribution in [3.63, 3.8) is 0 Å². The summed E-state index contributed by atoms with van der Waals surface area (Å²) >= 11 is 0. The lowest BCUT2D eigenvalue weighted by Gasteiger charge is -2.64. The molecular formula is C30H47NO4. The molecule has 1 saturated heterocycles. The highest BCUT2D eigenvalue weighted by Gasteiger charge is 2.72. The number of likely N-dealkylation sites (tertiary alicyclic amines) is 1. The summed E-state index contributed by atoms with van der Waals surface area (Å²) in [5, 5.41) is 12.6. The molecule has 2 heterocycles. The van der Waals surface area contributed by atoms with Crippen molar-refractivity contribution in [2.24, 2.45) is 28.6 Å². The monoisotopic (exact) mass is 485 g/mol. The molecule has 5 aliphatic rings. The minimum Gasteiger partial charge on any atom is -0.472 e. The van der Waals surface area contributed by atoms with Gasteiger partial charge in [-0.25, -0.2) is 0 Å². The van der Waals surface area contributed by atoms with E-state index in [1.807, 2.05) is 13.4 Å². The summed E-state index contributed by atoms with van der Waals surface area (Å²) in [6.45, 7) is 9.38. The molecule has 6 rings (SSSR count). The molecule has 1 N–H and O–H groups in total. The Labute approximate surface area is 211 Å². The van der Waals surface area contributed by atoms with Crippen molar-refractivity contribution in [3.05, 3.63) is 24.2 Å². The van der Waals surface area contributed by atoms with E-state index in [2.05, 4.69) is 24.8 Å². The average Bonchev–Trinajstić information content (AvgIpc) is 3.61. The van der Waals surface area contributed by atoms with Crippen molar-refractivity contribution in [2.45, 2.75) is 102 Å². The highest BCUT2D eigenvalue weighted by atomic mass is 16.5. The van der Waals surface area contributed by atoms with Crippen LogP contribution < -0.4 is 0 Å². The Morgan fingerprint density at radius 2 is 1.86 bits per heavy atom. The normalized spacial score (nSPS) is 47.9. The number of furan rings is 1. The lowest BCUT2D eigenvalue weighted by Crippen LogP contribution is -2.64. The van der Waals surface area contributed by atoms with E-state index in [0.717, 1.165) is 50.3 Å². The molecular weight excluding hydrogens is 438 g/mol. The third kappa shape index (κ3) is 3.47. The smallest absolute Gasteiger partial charge is 0.104 e. The van der Waals surface area contributed by atoms with Crippen LogP contribution in [0.25, 0.3) is 0 Å². The number of hydrogen-bond donors (Lipinski definition) is 1.